The molecule has 0 aromatic carbocycles. The lowest BCUT2D eigenvalue weighted by Crippen LogP contribution is -2.77. The number of fused-ring (bicyclic) bond motifs is 4. The van der Waals surface area contributed by atoms with E-state index in [-0.39, 0.29) is 36.8 Å². The van der Waals surface area contributed by atoms with Gasteiger partial charge in [-0.3, -0.25) is 4.79 Å². The number of cyclic esters (lactones) is 1. The molecule has 0 unspecified atom stereocenters. The minimum atomic E-state index is -1.58. The van der Waals surface area contributed by atoms with Gasteiger partial charge in [0.2, 0.25) is 0 Å². The van der Waals surface area contributed by atoms with Crippen molar-refractivity contribution in [3.63, 3.8) is 0 Å². The van der Waals surface area contributed by atoms with Crippen molar-refractivity contribution < 1.29 is 34.4 Å². The van der Waals surface area contributed by atoms with Crippen LogP contribution in [-0.2, 0) is 19.1 Å². The highest BCUT2D eigenvalue weighted by Gasteiger charge is 2.75. The fourth-order valence-corrected chi connectivity index (χ4v) is 9.03. The van der Waals surface area contributed by atoms with E-state index in [2.05, 4.69) is 18.8 Å². The number of ether oxygens (including phenoxy) is 2. The number of hydrogen-bond acceptors (Lipinski definition) is 7. The van der Waals surface area contributed by atoms with E-state index in [0.29, 0.717) is 31.6 Å². The van der Waals surface area contributed by atoms with Crippen LogP contribution < -0.4 is 0 Å². The zero-order valence-electron chi connectivity index (χ0n) is 22.3. The second-order valence-corrected chi connectivity index (χ2v) is 12.7. The lowest BCUT2D eigenvalue weighted by Gasteiger charge is -2.70. The molecule has 37 heavy (non-hydrogen) atoms. The Kier molecular flexibility index (Phi) is 7.00. The predicted molar refractivity (Wildman–Crippen MR) is 136 cm³/mol. The minimum absolute atomic E-state index is 0.186. The Balaban J connectivity index is 1.67. The van der Waals surface area contributed by atoms with Crippen LogP contribution in [0, 0.1) is 39.9 Å². The molecule has 0 aromatic rings. The molecule has 3 N–H and O–H groups in total. The highest BCUT2D eigenvalue weighted by Crippen LogP contribution is 2.70. The number of hydrogen-bond donors (Lipinski definition) is 3. The molecule has 2 heterocycles. The van der Waals surface area contributed by atoms with Crippen molar-refractivity contribution in [2.75, 3.05) is 13.2 Å². The van der Waals surface area contributed by atoms with Crippen LogP contribution in [0.5, 0.6) is 0 Å². The van der Waals surface area contributed by atoms with E-state index < -0.39 is 41.2 Å². The van der Waals surface area contributed by atoms with Crippen LogP contribution in [0.1, 0.15) is 90.9 Å². The van der Waals surface area contributed by atoms with Gasteiger partial charge in [-0.1, -0.05) is 32.1 Å². The maximum absolute atomic E-state index is 13.0. The van der Waals surface area contributed by atoms with Gasteiger partial charge >= 0.3 is 11.9 Å². The molecule has 7 atom stereocenters. The van der Waals surface area contributed by atoms with E-state index in [1.54, 1.807) is 0 Å². The summed E-state index contributed by atoms with van der Waals surface area (Å²) < 4.78 is 11.3. The molecule has 3 saturated carbocycles. The van der Waals surface area contributed by atoms with Crippen LogP contribution in [-0.4, -0.2) is 58.3 Å². The van der Waals surface area contributed by atoms with Crippen LogP contribution in [0.15, 0.2) is 11.6 Å². The Morgan fingerprint density at radius 3 is 2.57 bits per heavy atom. The number of rotatable bonds is 5. The van der Waals surface area contributed by atoms with E-state index in [1.807, 2.05) is 6.92 Å². The van der Waals surface area contributed by atoms with Crippen molar-refractivity contribution in [3.05, 3.63) is 11.6 Å². The number of aliphatic hydroxyl groups excluding tert-OH is 2. The largest absolute Gasteiger partial charge is 0.462 e. The molecular formula is C30H42O7. The molecule has 7 nitrogen and oxygen atoms in total. The Hall–Kier alpha value is -1.88. The van der Waals surface area contributed by atoms with Gasteiger partial charge in [0, 0.05) is 24.8 Å². The first-order valence-corrected chi connectivity index (χ1v) is 14.2. The maximum atomic E-state index is 13.0. The third-order valence-electron chi connectivity index (χ3n) is 10.9. The zero-order valence-corrected chi connectivity index (χ0v) is 22.3. The van der Waals surface area contributed by atoms with E-state index in [9.17, 15) is 24.9 Å². The van der Waals surface area contributed by atoms with Crippen molar-refractivity contribution in [2.24, 2.45) is 28.1 Å². The first-order valence-electron chi connectivity index (χ1n) is 14.2. The number of carbonyl (C=O) groups is 2. The molecular weight excluding hydrogens is 472 g/mol. The van der Waals surface area contributed by atoms with E-state index in [0.717, 1.165) is 37.7 Å². The maximum Gasteiger partial charge on any atom is 0.331 e. The fraction of sp³-hybridized carbons (Fsp3) is 0.800. The number of carbonyl (C=O) groups excluding carboxylic acids is 2. The number of aliphatic hydroxyl groups is 3. The van der Waals surface area contributed by atoms with Gasteiger partial charge in [-0.25, -0.2) is 4.79 Å². The molecule has 5 aliphatic rings. The molecule has 2 aliphatic heterocycles. The molecule has 0 saturated heterocycles. The van der Waals surface area contributed by atoms with Gasteiger partial charge in [-0.05, 0) is 62.4 Å². The molecule has 7 heteroatoms. The minimum Gasteiger partial charge on any atom is -0.462 e. The molecule has 5 rings (SSSR count). The standard InChI is InChI=1S/C30H42O7/c1-27-13-7-6-10-24(33)37-22(17-27)26-28(2,21-8-4-3-5-9-21)14-12-23(32)29(26,19-31)30(27,35)15-11-20-16-25(34)36-18-20/h16,21-23,26,31-32,35H,3-6,8-12,14-15,17-19H2,1-2H3/t22-,23+,26+,27+,28+,29+,30-/m1/s1. The molecule has 3 fully saturated rings. The highest BCUT2D eigenvalue weighted by molar-refractivity contribution is 5.85. The second-order valence-electron chi connectivity index (χ2n) is 12.7. The summed E-state index contributed by atoms with van der Waals surface area (Å²) in [7, 11) is 0. The topological polar surface area (TPSA) is 113 Å². The SMILES string of the molecule is C[C@@]1(C2CCCCC2)CC[C@H](O)[C@@]2(CO)[C@H]1[C@H]1C[C@](C)(C#CCCC(=O)O1)[C@]2(O)CCC1=CC(=O)OC1. The predicted octanol–water partition coefficient (Wildman–Crippen LogP) is 3.44. The summed E-state index contributed by atoms with van der Waals surface area (Å²) in [4.78, 5) is 24.6. The fourth-order valence-electron chi connectivity index (χ4n) is 9.03. The summed E-state index contributed by atoms with van der Waals surface area (Å²) in [5, 5.41) is 36.1. The molecule has 0 amide bonds. The van der Waals surface area contributed by atoms with Gasteiger partial charge in [0.1, 0.15) is 12.7 Å². The smallest absolute Gasteiger partial charge is 0.331 e. The van der Waals surface area contributed by atoms with Crippen molar-refractivity contribution in [1.82, 2.24) is 0 Å². The Morgan fingerprint density at radius 2 is 1.89 bits per heavy atom. The molecule has 3 aliphatic carbocycles. The first kappa shape index (κ1) is 26.7. The summed E-state index contributed by atoms with van der Waals surface area (Å²) in [6, 6.07) is 0. The summed E-state index contributed by atoms with van der Waals surface area (Å²) >= 11 is 0. The molecule has 0 spiro atoms. The van der Waals surface area contributed by atoms with Crippen LogP contribution in [0.3, 0.4) is 0 Å². The third kappa shape index (κ3) is 4.06. The highest BCUT2D eigenvalue weighted by atomic mass is 16.5. The van der Waals surface area contributed by atoms with Crippen molar-refractivity contribution >= 4 is 11.9 Å². The van der Waals surface area contributed by atoms with Gasteiger partial charge in [0.25, 0.3) is 0 Å². The molecule has 0 radical (unpaired) electrons. The first-order chi connectivity index (χ1) is 17.6. The van der Waals surface area contributed by atoms with E-state index in [1.165, 1.54) is 12.5 Å². The molecule has 0 aromatic heterocycles. The van der Waals surface area contributed by atoms with Crippen LogP contribution >= 0.6 is 0 Å². The second kappa shape index (κ2) is 9.70. The summed E-state index contributed by atoms with van der Waals surface area (Å²) in [6.07, 6.45) is 8.24. The third-order valence-corrected chi connectivity index (χ3v) is 10.9. The summed E-state index contributed by atoms with van der Waals surface area (Å²) in [5.41, 5.74) is -3.48. The van der Waals surface area contributed by atoms with Crippen molar-refractivity contribution in [1.29, 1.82) is 0 Å². The van der Waals surface area contributed by atoms with Gasteiger partial charge in [-0.15, -0.1) is 5.92 Å². The lowest BCUT2D eigenvalue weighted by atomic mass is 9.36. The average molecular weight is 515 g/mol. The summed E-state index contributed by atoms with van der Waals surface area (Å²) in [6.45, 7) is 3.89. The average Bonchev–Trinajstić information content (AvgIpc) is 3.32. The normalized spacial score (nSPS) is 44.2. The van der Waals surface area contributed by atoms with Crippen molar-refractivity contribution in [2.45, 2.75) is 109 Å². The Labute approximate surface area is 220 Å². The molecule has 204 valence electrons. The monoisotopic (exact) mass is 514 g/mol. The van der Waals surface area contributed by atoms with Crippen LogP contribution in [0.25, 0.3) is 0 Å². The van der Waals surface area contributed by atoms with E-state index >= 15 is 0 Å². The van der Waals surface area contributed by atoms with Gasteiger partial charge in [-0.2, -0.15) is 0 Å². The Bertz CT molecular complexity index is 1020. The van der Waals surface area contributed by atoms with Crippen LogP contribution in [0.2, 0.25) is 0 Å². The number of esters is 2. The van der Waals surface area contributed by atoms with Gasteiger partial charge in [0.15, 0.2) is 0 Å². The van der Waals surface area contributed by atoms with Gasteiger partial charge in [0.05, 0.1) is 35.6 Å². The van der Waals surface area contributed by atoms with Gasteiger partial charge < -0.3 is 24.8 Å². The Morgan fingerprint density at radius 1 is 1.14 bits per heavy atom. The quantitative estimate of drug-likeness (QED) is 0.380. The lowest BCUT2D eigenvalue weighted by molar-refractivity contribution is -0.320. The molecule has 2 bridgehead atoms. The van der Waals surface area contributed by atoms with Crippen molar-refractivity contribution in [3.8, 4) is 11.8 Å². The summed E-state index contributed by atoms with van der Waals surface area (Å²) in [5.74, 6) is 5.67. The van der Waals surface area contributed by atoms with E-state index in [4.69, 9.17) is 9.47 Å². The van der Waals surface area contributed by atoms with Crippen LogP contribution in [0.4, 0.5) is 0 Å². The zero-order chi connectivity index (χ0) is 26.5.